The lowest BCUT2D eigenvalue weighted by molar-refractivity contribution is -0.136. The Balaban J connectivity index is 1.90. The van der Waals surface area contributed by atoms with E-state index >= 15 is 0 Å². The molecular weight excluding hydrogens is 384 g/mol. The molecule has 0 saturated carbocycles. The number of fused-ring (bicyclic) bond motifs is 1. The van der Waals surface area contributed by atoms with Crippen molar-refractivity contribution in [3.63, 3.8) is 0 Å². The van der Waals surface area contributed by atoms with Crippen molar-refractivity contribution in [3.8, 4) is 0 Å². The number of aromatic nitrogens is 2. The van der Waals surface area contributed by atoms with E-state index in [4.69, 9.17) is 4.74 Å². The zero-order valence-electron chi connectivity index (χ0n) is 16.4. The number of ether oxygens (including phenoxy) is 1. The molecule has 0 bridgehead atoms. The standard InChI is InChI=1S/C18H28N4O5S/c1-3-28(25,26)21-10-7-13-14(12-21)19-17(20-18(13)24)15-6-4-5-9-22(15)16(23)8-11-27-2/h15H,3-12H2,1-2H3,(H,19,20,24)/t15-/m1/s1. The molecule has 1 aromatic rings. The summed E-state index contributed by atoms with van der Waals surface area (Å²) in [4.78, 5) is 34.4. The highest BCUT2D eigenvalue weighted by atomic mass is 32.2. The number of hydrogen-bond acceptors (Lipinski definition) is 6. The zero-order chi connectivity index (χ0) is 20.3. The maximum atomic E-state index is 12.6. The highest BCUT2D eigenvalue weighted by molar-refractivity contribution is 7.89. The molecule has 156 valence electrons. The zero-order valence-corrected chi connectivity index (χ0v) is 17.3. The van der Waals surface area contributed by atoms with Gasteiger partial charge in [-0.15, -0.1) is 0 Å². The normalized spacial score (nSPS) is 20.8. The minimum Gasteiger partial charge on any atom is -0.384 e. The largest absolute Gasteiger partial charge is 0.384 e. The molecule has 1 aromatic heterocycles. The van der Waals surface area contributed by atoms with Gasteiger partial charge in [0.1, 0.15) is 5.82 Å². The molecule has 2 aliphatic heterocycles. The van der Waals surface area contributed by atoms with E-state index in [2.05, 4.69) is 9.97 Å². The summed E-state index contributed by atoms with van der Waals surface area (Å²) in [5, 5.41) is 0. The van der Waals surface area contributed by atoms with Gasteiger partial charge in [0.05, 0.1) is 37.1 Å². The number of aromatic amines is 1. The van der Waals surface area contributed by atoms with Gasteiger partial charge in [-0.25, -0.2) is 13.4 Å². The minimum atomic E-state index is -3.35. The van der Waals surface area contributed by atoms with E-state index in [1.54, 1.807) is 18.9 Å². The smallest absolute Gasteiger partial charge is 0.254 e. The second-order valence-corrected chi connectivity index (χ2v) is 9.46. The Kier molecular flexibility index (Phi) is 6.51. The molecule has 9 nitrogen and oxygen atoms in total. The van der Waals surface area contributed by atoms with E-state index < -0.39 is 10.0 Å². The number of nitrogens with one attached hydrogen (secondary N) is 1. The van der Waals surface area contributed by atoms with Gasteiger partial charge in [0.2, 0.25) is 15.9 Å². The fourth-order valence-corrected chi connectivity index (χ4v) is 4.91. The number of amides is 1. The first-order valence-electron chi connectivity index (χ1n) is 9.75. The summed E-state index contributed by atoms with van der Waals surface area (Å²) < 4.78 is 30.8. The number of nitrogens with zero attached hydrogens (tertiary/aromatic N) is 3. The molecule has 1 fully saturated rings. The molecule has 3 heterocycles. The van der Waals surface area contributed by atoms with Crippen molar-refractivity contribution in [2.75, 3.05) is 32.6 Å². The van der Waals surface area contributed by atoms with Gasteiger partial charge in [-0.05, 0) is 32.6 Å². The van der Waals surface area contributed by atoms with Gasteiger partial charge in [-0.2, -0.15) is 4.31 Å². The lowest BCUT2D eigenvalue weighted by atomic mass is 10.00. The summed E-state index contributed by atoms with van der Waals surface area (Å²) in [6, 6.07) is -0.297. The molecule has 3 rings (SSSR count). The van der Waals surface area contributed by atoms with Crippen LogP contribution < -0.4 is 5.56 Å². The molecule has 0 spiro atoms. The number of hydrogen-bond donors (Lipinski definition) is 1. The molecule has 2 aliphatic rings. The first kappa shape index (κ1) is 20.9. The number of sulfonamides is 1. The van der Waals surface area contributed by atoms with Crippen LogP contribution in [0.4, 0.5) is 0 Å². The van der Waals surface area contributed by atoms with Crippen LogP contribution in [-0.4, -0.2) is 66.1 Å². The van der Waals surface area contributed by atoms with Gasteiger partial charge in [0.25, 0.3) is 5.56 Å². The van der Waals surface area contributed by atoms with E-state index in [1.165, 1.54) is 4.31 Å². The molecule has 10 heteroatoms. The third-order valence-corrected chi connectivity index (χ3v) is 7.30. The van der Waals surface area contributed by atoms with E-state index in [-0.39, 0.29) is 36.2 Å². The van der Waals surface area contributed by atoms with Gasteiger partial charge >= 0.3 is 0 Å². The predicted octanol–water partition coefficient (Wildman–Crippen LogP) is 0.568. The molecule has 1 saturated heterocycles. The lowest BCUT2D eigenvalue weighted by Gasteiger charge is -2.35. The van der Waals surface area contributed by atoms with Crippen LogP contribution >= 0.6 is 0 Å². The maximum absolute atomic E-state index is 12.6. The van der Waals surface area contributed by atoms with Crippen molar-refractivity contribution in [3.05, 3.63) is 27.4 Å². The Morgan fingerprint density at radius 3 is 2.82 bits per heavy atom. The first-order chi connectivity index (χ1) is 13.4. The number of piperidine rings is 1. The predicted molar refractivity (Wildman–Crippen MR) is 103 cm³/mol. The summed E-state index contributed by atoms with van der Waals surface area (Å²) in [7, 11) is -1.79. The van der Waals surface area contributed by atoms with Crippen molar-refractivity contribution in [2.24, 2.45) is 0 Å². The summed E-state index contributed by atoms with van der Waals surface area (Å²) in [6.07, 6.45) is 3.20. The van der Waals surface area contributed by atoms with Crippen LogP contribution in [0.5, 0.6) is 0 Å². The molecule has 1 N–H and O–H groups in total. The van der Waals surface area contributed by atoms with Gasteiger partial charge in [-0.1, -0.05) is 0 Å². The van der Waals surface area contributed by atoms with Crippen LogP contribution in [0.15, 0.2) is 4.79 Å². The SMILES string of the molecule is CCS(=O)(=O)N1CCc2c(nc([C@H]3CCCCN3C(=O)CCOC)[nH]c2=O)C1. The van der Waals surface area contributed by atoms with Crippen LogP contribution in [0.25, 0.3) is 0 Å². The highest BCUT2D eigenvalue weighted by Crippen LogP contribution is 2.30. The molecular formula is C18H28N4O5S. The topological polar surface area (TPSA) is 113 Å². The monoisotopic (exact) mass is 412 g/mol. The first-order valence-corrected chi connectivity index (χ1v) is 11.4. The second-order valence-electron chi connectivity index (χ2n) is 7.20. The Labute approximate surface area is 165 Å². The van der Waals surface area contributed by atoms with Gasteiger partial charge in [0, 0.05) is 25.8 Å². The summed E-state index contributed by atoms with van der Waals surface area (Å²) in [6.45, 7) is 2.96. The summed E-state index contributed by atoms with van der Waals surface area (Å²) in [5.74, 6) is 0.440. The number of likely N-dealkylation sites (tertiary alicyclic amines) is 1. The van der Waals surface area contributed by atoms with Crippen molar-refractivity contribution in [1.29, 1.82) is 0 Å². The number of methoxy groups -OCH3 is 1. The second kappa shape index (κ2) is 8.71. The maximum Gasteiger partial charge on any atom is 0.254 e. The van der Waals surface area contributed by atoms with E-state index in [0.29, 0.717) is 43.2 Å². The van der Waals surface area contributed by atoms with Crippen LogP contribution in [0, 0.1) is 0 Å². The van der Waals surface area contributed by atoms with E-state index in [1.807, 2.05) is 0 Å². The summed E-state index contributed by atoms with van der Waals surface area (Å²) >= 11 is 0. The van der Waals surface area contributed by atoms with Gasteiger partial charge in [0.15, 0.2) is 0 Å². The summed E-state index contributed by atoms with van der Waals surface area (Å²) in [5.41, 5.74) is 0.805. The molecule has 1 atom stereocenters. The number of carbonyl (C=O) groups is 1. The number of rotatable bonds is 6. The third kappa shape index (κ3) is 4.28. The van der Waals surface area contributed by atoms with Crippen LogP contribution in [0.2, 0.25) is 0 Å². The van der Waals surface area contributed by atoms with Gasteiger partial charge in [-0.3, -0.25) is 9.59 Å². The molecule has 0 aliphatic carbocycles. The molecule has 28 heavy (non-hydrogen) atoms. The lowest BCUT2D eigenvalue weighted by Crippen LogP contribution is -2.43. The highest BCUT2D eigenvalue weighted by Gasteiger charge is 2.32. The van der Waals surface area contributed by atoms with Crippen LogP contribution in [0.1, 0.15) is 55.7 Å². The number of H-pyrrole nitrogens is 1. The van der Waals surface area contributed by atoms with Crippen molar-refractivity contribution in [1.82, 2.24) is 19.2 Å². The molecule has 0 radical (unpaired) electrons. The van der Waals surface area contributed by atoms with Crippen molar-refractivity contribution < 1.29 is 17.9 Å². The average Bonchev–Trinajstić information content (AvgIpc) is 2.71. The Bertz CT molecular complexity index is 882. The minimum absolute atomic E-state index is 0.0167. The molecule has 0 aromatic carbocycles. The Morgan fingerprint density at radius 1 is 1.32 bits per heavy atom. The van der Waals surface area contributed by atoms with Crippen LogP contribution in [-0.2, 0) is 32.5 Å². The van der Waals surface area contributed by atoms with Crippen molar-refractivity contribution >= 4 is 15.9 Å². The van der Waals surface area contributed by atoms with E-state index in [9.17, 15) is 18.0 Å². The Hall–Kier alpha value is -1.78. The van der Waals surface area contributed by atoms with Gasteiger partial charge < -0.3 is 14.6 Å². The Morgan fingerprint density at radius 2 is 2.11 bits per heavy atom. The quantitative estimate of drug-likeness (QED) is 0.731. The third-order valence-electron chi connectivity index (χ3n) is 5.47. The fourth-order valence-electron chi connectivity index (χ4n) is 3.86. The van der Waals surface area contributed by atoms with E-state index in [0.717, 1.165) is 19.3 Å². The van der Waals surface area contributed by atoms with Crippen molar-refractivity contribution in [2.45, 2.75) is 51.6 Å². The number of carbonyl (C=O) groups excluding carboxylic acids is 1. The fraction of sp³-hybridized carbons (Fsp3) is 0.722. The molecule has 1 amide bonds. The van der Waals surface area contributed by atoms with Crippen LogP contribution in [0.3, 0.4) is 0 Å². The molecule has 0 unspecified atom stereocenters. The average molecular weight is 413 g/mol.